The van der Waals surface area contributed by atoms with Gasteiger partial charge in [-0.25, -0.2) is 15.2 Å². The molecular formula is C14H19Cl2N3O2. The number of nitrogens with one attached hydrogen (secondary N) is 1. The van der Waals surface area contributed by atoms with Gasteiger partial charge in [-0.1, -0.05) is 23.2 Å². The molecule has 5 nitrogen and oxygen atoms in total. The van der Waals surface area contributed by atoms with Gasteiger partial charge in [-0.3, -0.25) is 4.79 Å². The number of hydrogen-bond acceptors (Lipinski definition) is 2. The summed E-state index contributed by atoms with van der Waals surface area (Å²) >= 11 is 11.8. The molecule has 7 heteroatoms. The van der Waals surface area contributed by atoms with Crippen molar-refractivity contribution in [3.05, 3.63) is 33.8 Å². The SMILES string of the molecule is CN(C)C(=O)NN(C(=O)c1cc(Cl)cc(Cl)c1)C(C)(C)C. The molecule has 1 N–H and O–H groups in total. The topological polar surface area (TPSA) is 52.7 Å². The van der Waals surface area contributed by atoms with E-state index >= 15 is 0 Å². The van der Waals surface area contributed by atoms with Crippen LogP contribution >= 0.6 is 23.2 Å². The van der Waals surface area contributed by atoms with Crippen LogP contribution in [0.25, 0.3) is 0 Å². The number of hydrazine groups is 1. The lowest BCUT2D eigenvalue weighted by Gasteiger charge is -2.36. The van der Waals surface area contributed by atoms with E-state index in [9.17, 15) is 9.59 Å². The first-order chi connectivity index (χ1) is 9.52. The van der Waals surface area contributed by atoms with Crippen molar-refractivity contribution in [1.29, 1.82) is 0 Å². The van der Waals surface area contributed by atoms with Crippen molar-refractivity contribution in [3.63, 3.8) is 0 Å². The van der Waals surface area contributed by atoms with Crippen LogP contribution in [-0.2, 0) is 0 Å². The number of carbonyl (C=O) groups is 2. The maximum Gasteiger partial charge on any atom is 0.335 e. The Morgan fingerprint density at radius 1 is 1.05 bits per heavy atom. The molecular weight excluding hydrogens is 313 g/mol. The van der Waals surface area contributed by atoms with Gasteiger partial charge in [-0.2, -0.15) is 0 Å². The molecule has 116 valence electrons. The first-order valence-corrected chi connectivity index (χ1v) is 7.06. The van der Waals surface area contributed by atoms with Crippen molar-refractivity contribution < 1.29 is 9.59 Å². The summed E-state index contributed by atoms with van der Waals surface area (Å²) in [5.41, 5.74) is 2.27. The van der Waals surface area contributed by atoms with E-state index < -0.39 is 11.6 Å². The predicted molar refractivity (Wildman–Crippen MR) is 84.6 cm³/mol. The molecule has 0 fully saturated rings. The number of hydrogen-bond donors (Lipinski definition) is 1. The van der Waals surface area contributed by atoms with E-state index in [0.717, 1.165) is 0 Å². The molecule has 1 aromatic rings. The summed E-state index contributed by atoms with van der Waals surface area (Å²) in [7, 11) is 3.19. The number of halogens is 2. The van der Waals surface area contributed by atoms with E-state index in [1.807, 2.05) is 20.8 Å². The molecule has 0 unspecified atom stereocenters. The van der Waals surface area contributed by atoms with Gasteiger partial charge >= 0.3 is 6.03 Å². The largest absolute Gasteiger partial charge is 0.335 e. The van der Waals surface area contributed by atoms with Gasteiger partial charge in [0.15, 0.2) is 0 Å². The van der Waals surface area contributed by atoms with E-state index in [-0.39, 0.29) is 5.91 Å². The predicted octanol–water partition coefficient (Wildman–Crippen LogP) is 3.42. The number of carbonyl (C=O) groups excluding carboxylic acids is 2. The third-order valence-electron chi connectivity index (χ3n) is 2.60. The summed E-state index contributed by atoms with van der Waals surface area (Å²) in [6, 6.07) is 4.17. The highest BCUT2D eigenvalue weighted by Crippen LogP contribution is 2.22. The lowest BCUT2D eigenvalue weighted by Crippen LogP contribution is -2.57. The molecule has 21 heavy (non-hydrogen) atoms. The number of amides is 3. The van der Waals surface area contributed by atoms with Gasteiger partial charge in [0.25, 0.3) is 5.91 Å². The lowest BCUT2D eigenvalue weighted by atomic mass is 10.1. The molecule has 0 aliphatic heterocycles. The molecule has 0 aliphatic carbocycles. The van der Waals surface area contributed by atoms with Crippen LogP contribution in [0, 0.1) is 0 Å². The smallest absolute Gasteiger partial charge is 0.330 e. The average Bonchev–Trinajstić information content (AvgIpc) is 2.31. The summed E-state index contributed by atoms with van der Waals surface area (Å²) in [5, 5.41) is 1.98. The van der Waals surface area contributed by atoms with Crippen molar-refractivity contribution in [1.82, 2.24) is 15.3 Å². The quantitative estimate of drug-likeness (QED) is 0.801. The molecule has 1 rings (SSSR count). The van der Waals surface area contributed by atoms with Gasteiger partial charge in [-0.15, -0.1) is 0 Å². The molecule has 0 aromatic heterocycles. The van der Waals surface area contributed by atoms with Gasteiger partial charge in [0.2, 0.25) is 0 Å². The Morgan fingerprint density at radius 3 is 1.90 bits per heavy atom. The number of nitrogens with zero attached hydrogens (tertiary/aromatic N) is 2. The van der Waals surface area contributed by atoms with Crippen LogP contribution < -0.4 is 5.43 Å². The number of urea groups is 1. The normalized spacial score (nSPS) is 11.0. The Balaban J connectivity index is 3.14. The van der Waals surface area contributed by atoms with Crippen molar-refractivity contribution in [2.45, 2.75) is 26.3 Å². The molecule has 0 saturated heterocycles. The van der Waals surface area contributed by atoms with E-state index in [4.69, 9.17) is 23.2 Å². The molecule has 1 aromatic carbocycles. The molecule has 0 heterocycles. The molecule has 3 amide bonds. The van der Waals surface area contributed by atoms with Crippen molar-refractivity contribution in [2.75, 3.05) is 14.1 Å². The number of benzene rings is 1. The van der Waals surface area contributed by atoms with Gasteiger partial charge in [-0.05, 0) is 39.0 Å². The zero-order chi connectivity index (χ0) is 16.4. The van der Waals surface area contributed by atoms with E-state index in [1.165, 1.54) is 22.0 Å². The Bertz CT molecular complexity index is 533. The van der Waals surface area contributed by atoms with Gasteiger partial charge in [0.1, 0.15) is 0 Å². The summed E-state index contributed by atoms with van der Waals surface area (Å²) in [5.74, 6) is -0.387. The standard InChI is InChI=1S/C14H19Cl2N3O2/c1-14(2,3)19(17-13(21)18(4)5)12(20)9-6-10(15)8-11(16)7-9/h6-8H,1-5H3,(H,17,21). The zero-order valence-corrected chi connectivity index (χ0v) is 14.2. The Labute approximate surface area is 134 Å². The maximum absolute atomic E-state index is 12.6. The second-order valence-electron chi connectivity index (χ2n) is 5.78. The van der Waals surface area contributed by atoms with Gasteiger partial charge < -0.3 is 4.90 Å². The van der Waals surface area contributed by atoms with Crippen LogP contribution in [0.3, 0.4) is 0 Å². The zero-order valence-electron chi connectivity index (χ0n) is 12.7. The average molecular weight is 332 g/mol. The van der Waals surface area contributed by atoms with Gasteiger partial charge in [0, 0.05) is 29.7 Å². The van der Waals surface area contributed by atoms with Crippen LogP contribution in [0.15, 0.2) is 18.2 Å². The Morgan fingerprint density at radius 2 is 1.52 bits per heavy atom. The monoisotopic (exact) mass is 331 g/mol. The summed E-state index contributed by atoms with van der Waals surface area (Å²) in [6.45, 7) is 5.44. The Kier molecular flexibility index (Phi) is 5.48. The van der Waals surface area contributed by atoms with Crippen molar-refractivity contribution >= 4 is 35.1 Å². The van der Waals surface area contributed by atoms with Gasteiger partial charge in [0.05, 0.1) is 5.54 Å². The summed E-state index contributed by atoms with van der Waals surface area (Å²) < 4.78 is 0. The highest BCUT2D eigenvalue weighted by Gasteiger charge is 2.30. The fraction of sp³-hybridized carbons (Fsp3) is 0.429. The van der Waals surface area contributed by atoms with E-state index in [0.29, 0.717) is 15.6 Å². The first kappa shape index (κ1) is 17.6. The van der Waals surface area contributed by atoms with E-state index in [1.54, 1.807) is 20.2 Å². The fourth-order valence-electron chi connectivity index (χ4n) is 1.53. The molecule has 0 aliphatic rings. The molecule has 0 radical (unpaired) electrons. The third kappa shape index (κ3) is 4.79. The van der Waals surface area contributed by atoms with Crippen LogP contribution in [0.5, 0.6) is 0 Å². The third-order valence-corrected chi connectivity index (χ3v) is 3.03. The van der Waals surface area contributed by atoms with Crippen molar-refractivity contribution in [2.24, 2.45) is 0 Å². The molecule has 0 atom stereocenters. The Hall–Kier alpha value is -1.46. The highest BCUT2D eigenvalue weighted by atomic mass is 35.5. The lowest BCUT2D eigenvalue weighted by molar-refractivity contribution is 0.0430. The maximum atomic E-state index is 12.6. The highest BCUT2D eigenvalue weighted by molar-refractivity contribution is 6.35. The van der Waals surface area contributed by atoms with Crippen LogP contribution in [0.4, 0.5) is 4.79 Å². The second kappa shape index (κ2) is 6.54. The fourth-order valence-corrected chi connectivity index (χ4v) is 2.05. The first-order valence-electron chi connectivity index (χ1n) is 6.31. The summed E-state index contributed by atoms with van der Waals surface area (Å²) in [4.78, 5) is 25.8. The number of rotatable bonds is 1. The minimum atomic E-state index is -0.614. The molecule has 0 spiro atoms. The molecule has 0 saturated carbocycles. The van der Waals surface area contributed by atoms with Crippen LogP contribution in [-0.4, -0.2) is 41.5 Å². The van der Waals surface area contributed by atoms with Crippen LogP contribution in [0.2, 0.25) is 10.0 Å². The molecule has 0 bridgehead atoms. The minimum absolute atomic E-state index is 0.307. The summed E-state index contributed by atoms with van der Waals surface area (Å²) in [6.07, 6.45) is 0. The van der Waals surface area contributed by atoms with Crippen molar-refractivity contribution in [3.8, 4) is 0 Å². The van der Waals surface area contributed by atoms with E-state index in [2.05, 4.69) is 5.43 Å². The van der Waals surface area contributed by atoms with Crippen LogP contribution in [0.1, 0.15) is 31.1 Å². The minimum Gasteiger partial charge on any atom is -0.330 e. The second-order valence-corrected chi connectivity index (χ2v) is 6.65.